The summed E-state index contributed by atoms with van der Waals surface area (Å²) in [6, 6.07) is 0. The average Bonchev–Trinajstić information content (AvgIpc) is 2.86. The molecule has 0 spiro atoms. The molecular formula is C10H6BrClN4S. The number of halogens is 2. The summed E-state index contributed by atoms with van der Waals surface area (Å²) in [5.74, 6) is 1.24. The van der Waals surface area contributed by atoms with Crippen molar-refractivity contribution < 1.29 is 0 Å². The van der Waals surface area contributed by atoms with Gasteiger partial charge in [-0.25, -0.2) is 15.0 Å². The van der Waals surface area contributed by atoms with Gasteiger partial charge in [-0.1, -0.05) is 11.6 Å². The molecule has 0 aliphatic heterocycles. The average molecular weight is 330 g/mol. The highest BCUT2D eigenvalue weighted by atomic mass is 79.9. The molecule has 0 amide bonds. The summed E-state index contributed by atoms with van der Waals surface area (Å²) in [7, 11) is 1.90. The first kappa shape index (κ1) is 11.1. The lowest BCUT2D eigenvalue weighted by Gasteiger charge is -2.01. The van der Waals surface area contributed by atoms with E-state index in [-0.39, 0.29) is 0 Å². The number of fused-ring (bicyclic) bond motifs is 1. The van der Waals surface area contributed by atoms with Gasteiger partial charge in [0.25, 0.3) is 0 Å². The largest absolute Gasteiger partial charge is 0.331 e. The van der Waals surface area contributed by atoms with Gasteiger partial charge in [-0.3, -0.25) is 0 Å². The number of aryl methyl sites for hydroxylation is 1. The lowest BCUT2D eigenvalue weighted by Crippen LogP contribution is -1.97. The molecule has 0 aromatic carbocycles. The molecule has 7 heteroatoms. The maximum Gasteiger partial charge on any atom is 0.198 e. The van der Waals surface area contributed by atoms with Crippen LogP contribution in [0.25, 0.3) is 21.9 Å². The van der Waals surface area contributed by atoms with Crippen LogP contribution in [0.15, 0.2) is 22.2 Å². The van der Waals surface area contributed by atoms with Gasteiger partial charge in [0.15, 0.2) is 16.8 Å². The van der Waals surface area contributed by atoms with E-state index in [2.05, 4.69) is 30.9 Å². The number of rotatable bonds is 1. The molecule has 0 aliphatic rings. The highest BCUT2D eigenvalue weighted by molar-refractivity contribution is 9.10. The second kappa shape index (κ2) is 4.04. The molecule has 0 saturated carbocycles. The van der Waals surface area contributed by atoms with Gasteiger partial charge in [0.1, 0.15) is 5.52 Å². The van der Waals surface area contributed by atoms with E-state index in [1.54, 1.807) is 6.20 Å². The Bertz CT molecular complexity index is 705. The molecule has 3 aromatic heterocycles. The summed E-state index contributed by atoms with van der Waals surface area (Å²) in [5.41, 5.74) is 0.827. The molecule has 0 saturated heterocycles. The molecule has 0 N–H and O–H groups in total. The van der Waals surface area contributed by atoms with E-state index in [4.69, 9.17) is 11.6 Å². The third-order valence-corrected chi connectivity index (χ3v) is 4.62. The predicted molar refractivity (Wildman–Crippen MR) is 72.3 cm³/mol. The number of aromatic nitrogens is 4. The standard InChI is InChI=1S/C10H6BrClN4S/c1-16-3-2-13-10(16)9-14-6-5(11)4-17-7(6)8(12)15-9/h2-4H,1H3. The van der Waals surface area contributed by atoms with E-state index >= 15 is 0 Å². The van der Waals surface area contributed by atoms with E-state index in [9.17, 15) is 0 Å². The molecule has 0 fully saturated rings. The summed E-state index contributed by atoms with van der Waals surface area (Å²) in [6.45, 7) is 0. The van der Waals surface area contributed by atoms with Gasteiger partial charge < -0.3 is 4.57 Å². The minimum absolute atomic E-state index is 0.462. The molecule has 4 nitrogen and oxygen atoms in total. The van der Waals surface area contributed by atoms with E-state index < -0.39 is 0 Å². The summed E-state index contributed by atoms with van der Waals surface area (Å²) in [4.78, 5) is 13.0. The molecule has 17 heavy (non-hydrogen) atoms. The van der Waals surface area contributed by atoms with Gasteiger partial charge in [-0.2, -0.15) is 0 Å². The lowest BCUT2D eigenvalue weighted by molar-refractivity contribution is 0.909. The zero-order valence-electron chi connectivity index (χ0n) is 8.69. The molecule has 3 heterocycles. The highest BCUT2D eigenvalue weighted by Crippen LogP contribution is 2.34. The fourth-order valence-corrected chi connectivity index (χ4v) is 3.28. The highest BCUT2D eigenvalue weighted by Gasteiger charge is 2.14. The van der Waals surface area contributed by atoms with E-state index in [0.717, 1.165) is 14.7 Å². The van der Waals surface area contributed by atoms with Crippen molar-refractivity contribution in [1.82, 2.24) is 19.5 Å². The van der Waals surface area contributed by atoms with Crippen LogP contribution in [-0.2, 0) is 7.05 Å². The van der Waals surface area contributed by atoms with Crippen LogP contribution in [0.2, 0.25) is 5.15 Å². The quantitative estimate of drug-likeness (QED) is 0.642. The maximum absolute atomic E-state index is 6.15. The maximum atomic E-state index is 6.15. The first-order valence-corrected chi connectivity index (χ1v) is 6.80. The summed E-state index contributed by atoms with van der Waals surface area (Å²) in [6.07, 6.45) is 3.55. The number of imidazole rings is 1. The topological polar surface area (TPSA) is 43.6 Å². The van der Waals surface area contributed by atoms with Gasteiger partial charge in [-0.05, 0) is 15.9 Å². The SMILES string of the molecule is Cn1ccnc1-c1nc(Cl)c2scc(Br)c2n1. The van der Waals surface area contributed by atoms with Crippen molar-refractivity contribution >= 4 is 49.1 Å². The summed E-state index contributed by atoms with van der Waals surface area (Å²) in [5, 5.41) is 2.41. The zero-order chi connectivity index (χ0) is 12.0. The predicted octanol–water partition coefficient (Wildman–Crippen LogP) is 3.51. The van der Waals surface area contributed by atoms with Crippen molar-refractivity contribution in [1.29, 1.82) is 0 Å². The molecule has 3 aromatic rings. The van der Waals surface area contributed by atoms with Gasteiger partial charge in [0.05, 0.1) is 9.17 Å². The van der Waals surface area contributed by atoms with Crippen LogP contribution in [0.1, 0.15) is 0 Å². The van der Waals surface area contributed by atoms with Gasteiger partial charge >= 0.3 is 0 Å². The van der Waals surface area contributed by atoms with Crippen LogP contribution >= 0.6 is 38.9 Å². The first-order chi connectivity index (χ1) is 8.16. The molecule has 0 unspecified atom stereocenters. The normalized spacial score (nSPS) is 11.2. The Morgan fingerprint density at radius 2 is 2.24 bits per heavy atom. The van der Waals surface area contributed by atoms with Crippen LogP contribution in [0.4, 0.5) is 0 Å². The molecule has 0 radical (unpaired) electrons. The fourth-order valence-electron chi connectivity index (χ4n) is 1.54. The van der Waals surface area contributed by atoms with Crippen molar-refractivity contribution in [2.75, 3.05) is 0 Å². The summed E-state index contributed by atoms with van der Waals surface area (Å²) < 4.78 is 3.67. The Labute approximate surface area is 114 Å². The van der Waals surface area contributed by atoms with Crippen molar-refractivity contribution in [2.45, 2.75) is 0 Å². The van der Waals surface area contributed by atoms with Crippen LogP contribution in [0.5, 0.6) is 0 Å². The third-order valence-electron chi connectivity index (χ3n) is 2.35. The van der Waals surface area contributed by atoms with Crippen molar-refractivity contribution in [2.24, 2.45) is 7.05 Å². The minimum atomic E-state index is 0.462. The second-order valence-corrected chi connectivity index (χ2v) is 5.55. The number of hydrogen-bond acceptors (Lipinski definition) is 4. The van der Waals surface area contributed by atoms with Crippen LogP contribution in [-0.4, -0.2) is 19.5 Å². The molecule has 0 aliphatic carbocycles. The zero-order valence-corrected chi connectivity index (χ0v) is 11.8. The molecule has 0 atom stereocenters. The van der Waals surface area contributed by atoms with Gasteiger partial charge in [0.2, 0.25) is 0 Å². The molecular weight excluding hydrogens is 324 g/mol. The van der Waals surface area contributed by atoms with Gasteiger partial charge in [-0.15, -0.1) is 11.3 Å². The van der Waals surface area contributed by atoms with Crippen LogP contribution in [0.3, 0.4) is 0 Å². The third kappa shape index (κ3) is 1.76. The number of thiophene rings is 1. The molecule has 86 valence electrons. The van der Waals surface area contributed by atoms with Crippen molar-refractivity contribution in [3.05, 3.63) is 27.4 Å². The Morgan fingerprint density at radius 3 is 2.94 bits per heavy atom. The van der Waals surface area contributed by atoms with E-state index in [1.807, 2.05) is 23.2 Å². The summed E-state index contributed by atoms with van der Waals surface area (Å²) >= 11 is 11.1. The first-order valence-electron chi connectivity index (χ1n) is 4.75. The number of hydrogen-bond donors (Lipinski definition) is 0. The van der Waals surface area contributed by atoms with E-state index in [1.165, 1.54) is 11.3 Å². The Morgan fingerprint density at radius 1 is 1.41 bits per heavy atom. The number of nitrogens with zero attached hydrogens (tertiary/aromatic N) is 4. The second-order valence-electron chi connectivity index (χ2n) is 3.46. The van der Waals surface area contributed by atoms with E-state index in [0.29, 0.717) is 16.8 Å². The smallest absolute Gasteiger partial charge is 0.198 e. The van der Waals surface area contributed by atoms with Crippen LogP contribution in [0, 0.1) is 0 Å². The van der Waals surface area contributed by atoms with Crippen molar-refractivity contribution in [3.8, 4) is 11.6 Å². The van der Waals surface area contributed by atoms with Gasteiger partial charge in [0, 0.05) is 24.8 Å². The monoisotopic (exact) mass is 328 g/mol. The van der Waals surface area contributed by atoms with Crippen molar-refractivity contribution in [3.63, 3.8) is 0 Å². The minimum Gasteiger partial charge on any atom is -0.331 e. The Hall–Kier alpha value is -0.980. The fraction of sp³-hybridized carbons (Fsp3) is 0.100. The molecule has 0 bridgehead atoms. The van der Waals surface area contributed by atoms with Crippen LogP contribution < -0.4 is 0 Å². The Kier molecular flexibility index (Phi) is 2.65. The Balaban J connectivity index is 2.32. The molecule has 3 rings (SSSR count). The lowest BCUT2D eigenvalue weighted by atomic mass is 10.4.